The van der Waals surface area contributed by atoms with Gasteiger partial charge < -0.3 is 15.5 Å². The maximum atomic E-state index is 14.4. The highest BCUT2D eigenvalue weighted by atomic mass is 19.4. The third kappa shape index (κ3) is 4.92. The molecule has 190 valence electrons. The zero-order valence-electron chi connectivity index (χ0n) is 20.1. The van der Waals surface area contributed by atoms with Crippen LogP contribution in [0.25, 0.3) is 0 Å². The van der Waals surface area contributed by atoms with E-state index >= 15 is 0 Å². The lowest BCUT2D eigenvalue weighted by atomic mass is 9.77. The highest BCUT2D eigenvalue weighted by Gasteiger charge is 2.57. The molecule has 33 heavy (non-hydrogen) atoms. The Bertz CT molecular complexity index is 676. The number of piperidine rings is 1. The zero-order chi connectivity index (χ0) is 24.0. The summed E-state index contributed by atoms with van der Waals surface area (Å²) >= 11 is 0. The molecule has 2 saturated carbocycles. The van der Waals surface area contributed by atoms with Crippen LogP contribution in [0.2, 0.25) is 0 Å². The number of likely N-dealkylation sites (tertiary alicyclic amines) is 1. The van der Waals surface area contributed by atoms with E-state index in [0.29, 0.717) is 31.8 Å². The smallest absolute Gasteiger partial charge is 0.352 e. The van der Waals surface area contributed by atoms with Gasteiger partial charge in [-0.05, 0) is 77.8 Å². The summed E-state index contributed by atoms with van der Waals surface area (Å²) < 4.78 is 55.8. The summed E-state index contributed by atoms with van der Waals surface area (Å²) in [6, 6.07) is -0.0431. The highest BCUT2D eigenvalue weighted by Crippen LogP contribution is 2.43. The Morgan fingerprint density at radius 1 is 1.09 bits per heavy atom. The molecule has 4 fully saturated rings. The average Bonchev–Trinajstić information content (AvgIpc) is 3.23. The summed E-state index contributed by atoms with van der Waals surface area (Å²) in [5, 5.41) is 6.59. The standard InChI is InChI=1S/C24H40F4N4O/c1-15-7-8-19(25)18-14-20(30-21(15)18)22(33)29-16-5-4-6-17(13-16)32-11-9-23(10-12-32,31(2)3)24(26,27)28/h15-21,30H,4-14H2,1-3H3,(H,29,33). The number of hydrogen-bond acceptors (Lipinski definition) is 4. The second kappa shape index (κ2) is 9.61. The average molecular weight is 477 g/mol. The second-order valence-electron chi connectivity index (χ2n) is 11.2. The van der Waals surface area contributed by atoms with Crippen molar-refractivity contribution in [2.75, 3.05) is 27.2 Å². The van der Waals surface area contributed by atoms with Gasteiger partial charge in [0, 0.05) is 37.1 Å². The molecule has 4 rings (SSSR count). The molecule has 9 heteroatoms. The largest absolute Gasteiger partial charge is 0.406 e. The van der Waals surface area contributed by atoms with E-state index in [9.17, 15) is 22.4 Å². The van der Waals surface area contributed by atoms with Crippen molar-refractivity contribution < 1.29 is 22.4 Å². The molecule has 0 aromatic carbocycles. The lowest BCUT2D eigenvalue weighted by molar-refractivity contribution is -0.239. The molecule has 0 aromatic heterocycles. The van der Waals surface area contributed by atoms with E-state index in [-0.39, 0.29) is 48.8 Å². The van der Waals surface area contributed by atoms with Crippen molar-refractivity contribution in [3.8, 4) is 0 Å². The highest BCUT2D eigenvalue weighted by molar-refractivity contribution is 5.82. The molecule has 2 N–H and O–H groups in total. The van der Waals surface area contributed by atoms with Gasteiger partial charge in [-0.2, -0.15) is 13.2 Å². The Morgan fingerprint density at radius 3 is 2.39 bits per heavy atom. The van der Waals surface area contributed by atoms with Crippen molar-refractivity contribution in [2.45, 2.75) is 107 Å². The van der Waals surface area contributed by atoms with E-state index in [2.05, 4.69) is 22.5 Å². The van der Waals surface area contributed by atoms with Crippen LogP contribution in [0, 0.1) is 11.8 Å². The van der Waals surface area contributed by atoms with Crippen LogP contribution in [0.4, 0.5) is 17.6 Å². The molecule has 2 aliphatic carbocycles. The number of halogens is 4. The van der Waals surface area contributed by atoms with Gasteiger partial charge in [0.1, 0.15) is 11.7 Å². The molecule has 0 radical (unpaired) electrons. The van der Waals surface area contributed by atoms with Crippen molar-refractivity contribution in [3.05, 3.63) is 0 Å². The van der Waals surface area contributed by atoms with E-state index in [0.717, 1.165) is 32.1 Å². The SMILES string of the molecule is CC1CCC(F)C2CC(C(=O)NC3CCCC(N4CCC(N(C)C)(C(F)(F)F)CC4)C3)NC12. The number of fused-ring (bicyclic) bond motifs is 1. The number of alkyl halides is 4. The van der Waals surface area contributed by atoms with Crippen molar-refractivity contribution in [1.29, 1.82) is 0 Å². The van der Waals surface area contributed by atoms with Crippen LogP contribution in [0.3, 0.4) is 0 Å². The fraction of sp³-hybridized carbons (Fsp3) is 0.958. The van der Waals surface area contributed by atoms with Crippen molar-refractivity contribution in [1.82, 2.24) is 20.4 Å². The molecule has 2 saturated heterocycles. The topological polar surface area (TPSA) is 47.6 Å². The van der Waals surface area contributed by atoms with Crippen LogP contribution in [0.15, 0.2) is 0 Å². The van der Waals surface area contributed by atoms with Crippen molar-refractivity contribution >= 4 is 5.91 Å². The van der Waals surface area contributed by atoms with E-state index < -0.39 is 17.9 Å². The zero-order valence-corrected chi connectivity index (χ0v) is 20.1. The summed E-state index contributed by atoms with van der Waals surface area (Å²) in [5.74, 6) is 0.253. The predicted octanol–water partition coefficient (Wildman–Crippen LogP) is 3.49. The van der Waals surface area contributed by atoms with E-state index in [1.54, 1.807) is 0 Å². The Morgan fingerprint density at radius 2 is 1.79 bits per heavy atom. The van der Waals surface area contributed by atoms with E-state index in [1.807, 2.05) is 0 Å². The van der Waals surface area contributed by atoms with Crippen LogP contribution in [-0.4, -0.2) is 84.9 Å². The minimum atomic E-state index is -4.24. The minimum absolute atomic E-state index is 0.0300. The molecule has 0 aromatic rings. The molecular weight excluding hydrogens is 436 g/mol. The van der Waals surface area contributed by atoms with Gasteiger partial charge in [0.2, 0.25) is 5.91 Å². The van der Waals surface area contributed by atoms with E-state index in [1.165, 1.54) is 19.0 Å². The van der Waals surface area contributed by atoms with Gasteiger partial charge in [0.15, 0.2) is 0 Å². The summed E-state index contributed by atoms with van der Waals surface area (Å²) in [5.41, 5.74) is -1.75. The monoisotopic (exact) mass is 476 g/mol. The van der Waals surface area contributed by atoms with Crippen molar-refractivity contribution in [3.63, 3.8) is 0 Å². The fourth-order valence-corrected chi connectivity index (χ4v) is 6.97. The summed E-state index contributed by atoms with van der Waals surface area (Å²) in [4.78, 5) is 16.5. The summed E-state index contributed by atoms with van der Waals surface area (Å²) in [6.07, 6.45) is 0.647. The predicted molar refractivity (Wildman–Crippen MR) is 120 cm³/mol. The third-order valence-corrected chi connectivity index (χ3v) is 9.17. The van der Waals surface area contributed by atoms with Gasteiger partial charge in [-0.1, -0.05) is 6.92 Å². The molecule has 7 atom stereocenters. The summed E-state index contributed by atoms with van der Waals surface area (Å²) in [6.45, 7) is 2.98. The van der Waals surface area contributed by atoms with Gasteiger partial charge in [0.05, 0.1) is 6.04 Å². The van der Waals surface area contributed by atoms with Gasteiger partial charge in [-0.15, -0.1) is 0 Å². The molecule has 4 aliphatic rings. The first-order valence-electron chi connectivity index (χ1n) is 12.7. The molecule has 0 spiro atoms. The third-order valence-electron chi connectivity index (χ3n) is 9.17. The normalized spacial score (nSPS) is 39.9. The van der Waals surface area contributed by atoms with Crippen LogP contribution in [0.1, 0.15) is 64.7 Å². The number of hydrogen-bond donors (Lipinski definition) is 2. The maximum absolute atomic E-state index is 14.4. The molecule has 7 unspecified atom stereocenters. The van der Waals surface area contributed by atoms with Crippen LogP contribution < -0.4 is 10.6 Å². The first-order valence-corrected chi connectivity index (χ1v) is 12.7. The van der Waals surface area contributed by atoms with Gasteiger partial charge in [-0.25, -0.2) is 4.39 Å². The Labute approximate surface area is 195 Å². The lowest BCUT2D eigenvalue weighted by Gasteiger charge is -2.49. The van der Waals surface area contributed by atoms with Crippen LogP contribution in [-0.2, 0) is 4.79 Å². The summed E-state index contributed by atoms with van der Waals surface area (Å²) in [7, 11) is 3.04. The molecule has 2 aliphatic heterocycles. The number of nitrogens with zero attached hydrogens (tertiary/aromatic N) is 2. The molecule has 2 heterocycles. The lowest BCUT2D eigenvalue weighted by Crippen LogP contribution is -2.62. The number of amides is 1. The number of nitrogens with one attached hydrogen (secondary N) is 2. The van der Waals surface area contributed by atoms with E-state index in [4.69, 9.17) is 0 Å². The second-order valence-corrected chi connectivity index (χ2v) is 11.2. The molecule has 5 nitrogen and oxygen atoms in total. The maximum Gasteiger partial charge on any atom is 0.406 e. The minimum Gasteiger partial charge on any atom is -0.352 e. The Kier molecular flexibility index (Phi) is 7.33. The first kappa shape index (κ1) is 25.2. The van der Waals surface area contributed by atoms with Crippen LogP contribution in [0.5, 0.6) is 0 Å². The van der Waals surface area contributed by atoms with Gasteiger partial charge in [0.25, 0.3) is 0 Å². The van der Waals surface area contributed by atoms with Gasteiger partial charge >= 0.3 is 6.18 Å². The number of carbonyl (C=O) groups excluding carboxylic acids is 1. The van der Waals surface area contributed by atoms with Crippen molar-refractivity contribution in [2.24, 2.45) is 11.8 Å². The number of rotatable bonds is 4. The Hall–Kier alpha value is -0.930. The van der Waals surface area contributed by atoms with Gasteiger partial charge in [-0.3, -0.25) is 9.69 Å². The Balaban J connectivity index is 1.30. The fourth-order valence-electron chi connectivity index (χ4n) is 6.97. The number of carbonyl (C=O) groups is 1. The molecule has 0 bridgehead atoms. The quantitative estimate of drug-likeness (QED) is 0.610. The molecular formula is C24H40F4N4O. The first-order chi connectivity index (χ1) is 15.5. The molecule has 1 amide bonds. The van der Waals surface area contributed by atoms with Crippen LogP contribution >= 0.6 is 0 Å².